The van der Waals surface area contributed by atoms with Gasteiger partial charge in [0.15, 0.2) is 5.78 Å². The van der Waals surface area contributed by atoms with Gasteiger partial charge < -0.3 is 9.64 Å². The third-order valence-corrected chi connectivity index (χ3v) is 5.49. The minimum Gasteiger partial charge on any atom is -0.361 e. The van der Waals surface area contributed by atoms with E-state index in [2.05, 4.69) is 39.3 Å². The molecule has 5 heteroatoms. The van der Waals surface area contributed by atoms with Crippen molar-refractivity contribution in [2.75, 3.05) is 13.6 Å². The van der Waals surface area contributed by atoms with Gasteiger partial charge >= 0.3 is 0 Å². The Morgan fingerprint density at radius 1 is 1.40 bits per heavy atom. The molecular formula is C15H22BrNO2S. The molecule has 0 amide bonds. The predicted octanol–water partition coefficient (Wildman–Crippen LogP) is 3.72. The third-order valence-electron chi connectivity index (χ3n) is 3.81. The van der Waals surface area contributed by atoms with Crippen LogP contribution in [0, 0.1) is 5.92 Å². The summed E-state index contributed by atoms with van der Waals surface area (Å²) >= 11 is 5.20. The molecule has 1 atom stereocenters. The van der Waals surface area contributed by atoms with E-state index in [1.165, 1.54) is 4.88 Å². The number of carbonyl (C=O) groups is 1. The maximum absolute atomic E-state index is 12.5. The Balaban J connectivity index is 2.03. The number of Topliss-reactive ketones (excluding diaryl/α,β-unsaturated/α-hetero) is 1. The molecule has 0 radical (unpaired) electrons. The average Bonchev–Trinajstić information content (AvgIpc) is 2.74. The standard InChI is InChI=1S/C15H22BrNO2S/c1-14(2)12(13(18)15(3,4)19-14)8-17(5)7-11-6-10(16)9-20-11/h6,9,12H,7-8H2,1-5H3. The van der Waals surface area contributed by atoms with Crippen LogP contribution in [0.2, 0.25) is 0 Å². The van der Waals surface area contributed by atoms with Gasteiger partial charge in [0.2, 0.25) is 0 Å². The van der Waals surface area contributed by atoms with E-state index in [1.807, 2.05) is 27.7 Å². The van der Waals surface area contributed by atoms with Crippen molar-refractivity contribution in [3.8, 4) is 0 Å². The second-order valence-electron chi connectivity index (χ2n) is 6.56. The van der Waals surface area contributed by atoms with Crippen LogP contribution in [-0.4, -0.2) is 35.5 Å². The van der Waals surface area contributed by atoms with Crippen molar-refractivity contribution in [1.82, 2.24) is 4.90 Å². The summed E-state index contributed by atoms with van der Waals surface area (Å²) < 4.78 is 7.05. The highest BCUT2D eigenvalue weighted by atomic mass is 79.9. The molecule has 2 heterocycles. The van der Waals surface area contributed by atoms with Crippen molar-refractivity contribution in [1.29, 1.82) is 0 Å². The van der Waals surface area contributed by atoms with Crippen molar-refractivity contribution in [2.45, 2.75) is 45.4 Å². The summed E-state index contributed by atoms with van der Waals surface area (Å²) in [4.78, 5) is 16.0. The Kier molecular flexibility index (Phi) is 4.46. The number of nitrogens with zero attached hydrogens (tertiary/aromatic N) is 1. The van der Waals surface area contributed by atoms with Crippen LogP contribution in [-0.2, 0) is 16.1 Å². The molecule has 2 rings (SSSR count). The lowest BCUT2D eigenvalue weighted by molar-refractivity contribution is -0.132. The molecule has 1 fully saturated rings. The Morgan fingerprint density at radius 2 is 2.05 bits per heavy atom. The van der Waals surface area contributed by atoms with Crippen LogP contribution in [0.25, 0.3) is 0 Å². The summed E-state index contributed by atoms with van der Waals surface area (Å²) in [6.07, 6.45) is 0. The fourth-order valence-electron chi connectivity index (χ4n) is 2.90. The second-order valence-corrected chi connectivity index (χ2v) is 8.47. The second kappa shape index (κ2) is 5.52. The van der Waals surface area contributed by atoms with Crippen LogP contribution in [0.3, 0.4) is 0 Å². The fourth-order valence-corrected chi connectivity index (χ4v) is 4.43. The van der Waals surface area contributed by atoms with E-state index in [0.717, 1.165) is 17.6 Å². The lowest BCUT2D eigenvalue weighted by Gasteiger charge is -2.28. The zero-order valence-corrected chi connectivity index (χ0v) is 15.1. The van der Waals surface area contributed by atoms with Gasteiger partial charge in [-0.2, -0.15) is 0 Å². The molecule has 3 nitrogen and oxygen atoms in total. The van der Waals surface area contributed by atoms with Crippen LogP contribution < -0.4 is 0 Å². The maximum atomic E-state index is 12.5. The van der Waals surface area contributed by atoms with Crippen molar-refractivity contribution < 1.29 is 9.53 Å². The topological polar surface area (TPSA) is 29.5 Å². The van der Waals surface area contributed by atoms with E-state index in [1.54, 1.807) is 11.3 Å². The first-order valence-corrected chi connectivity index (χ1v) is 8.45. The van der Waals surface area contributed by atoms with Crippen LogP contribution >= 0.6 is 27.3 Å². The van der Waals surface area contributed by atoms with Crippen molar-refractivity contribution in [3.63, 3.8) is 0 Å². The molecule has 112 valence electrons. The molecule has 0 aromatic carbocycles. The van der Waals surface area contributed by atoms with Crippen LogP contribution in [0.5, 0.6) is 0 Å². The van der Waals surface area contributed by atoms with E-state index < -0.39 is 11.2 Å². The van der Waals surface area contributed by atoms with Crippen LogP contribution in [0.15, 0.2) is 15.9 Å². The number of rotatable bonds is 4. The Morgan fingerprint density at radius 3 is 2.50 bits per heavy atom. The van der Waals surface area contributed by atoms with Gasteiger partial charge in [-0.05, 0) is 56.7 Å². The fraction of sp³-hybridized carbons (Fsp3) is 0.667. The Hall–Kier alpha value is -0.230. The summed E-state index contributed by atoms with van der Waals surface area (Å²) in [5, 5.41) is 2.08. The number of ketones is 1. The highest BCUT2D eigenvalue weighted by Gasteiger charge is 2.53. The molecule has 0 aliphatic carbocycles. The zero-order chi connectivity index (χ0) is 15.1. The van der Waals surface area contributed by atoms with Gasteiger partial charge in [-0.15, -0.1) is 11.3 Å². The molecule has 0 spiro atoms. The van der Waals surface area contributed by atoms with Gasteiger partial charge in [-0.1, -0.05) is 0 Å². The van der Waals surface area contributed by atoms with Crippen molar-refractivity contribution in [2.24, 2.45) is 5.92 Å². The zero-order valence-electron chi connectivity index (χ0n) is 12.7. The first kappa shape index (κ1) is 16.1. The van der Waals surface area contributed by atoms with Gasteiger partial charge in [0, 0.05) is 27.8 Å². The highest BCUT2D eigenvalue weighted by Crippen LogP contribution is 2.39. The Bertz CT molecular complexity index is 510. The van der Waals surface area contributed by atoms with Crippen molar-refractivity contribution in [3.05, 3.63) is 20.8 Å². The normalized spacial score (nSPS) is 24.6. The molecule has 1 unspecified atom stereocenters. The molecule has 1 aromatic heterocycles. The molecule has 0 saturated carbocycles. The summed E-state index contributed by atoms with van der Waals surface area (Å²) in [5.74, 6) is 0.132. The number of thiophene rings is 1. The quantitative estimate of drug-likeness (QED) is 0.820. The molecule has 0 bridgehead atoms. The molecule has 1 aliphatic rings. The van der Waals surface area contributed by atoms with Gasteiger partial charge in [0.05, 0.1) is 11.5 Å². The van der Waals surface area contributed by atoms with E-state index in [-0.39, 0.29) is 11.7 Å². The first-order valence-electron chi connectivity index (χ1n) is 6.78. The molecule has 1 aromatic rings. The van der Waals surface area contributed by atoms with E-state index >= 15 is 0 Å². The minimum atomic E-state index is -0.666. The lowest BCUT2D eigenvalue weighted by atomic mass is 9.85. The van der Waals surface area contributed by atoms with Gasteiger partial charge in [0.1, 0.15) is 5.60 Å². The number of halogens is 1. The lowest BCUT2D eigenvalue weighted by Crippen LogP contribution is -2.39. The Labute approximate surface area is 133 Å². The van der Waals surface area contributed by atoms with Gasteiger partial charge in [-0.25, -0.2) is 0 Å². The van der Waals surface area contributed by atoms with E-state index in [9.17, 15) is 4.79 Å². The smallest absolute Gasteiger partial charge is 0.171 e. The molecule has 0 N–H and O–H groups in total. The number of carbonyl (C=O) groups excluding carboxylic acids is 1. The highest BCUT2D eigenvalue weighted by molar-refractivity contribution is 9.10. The summed E-state index contributed by atoms with van der Waals surface area (Å²) in [6, 6.07) is 2.13. The van der Waals surface area contributed by atoms with E-state index in [0.29, 0.717) is 0 Å². The first-order chi connectivity index (χ1) is 9.12. The van der Waals surface area contributed by atoms with E-state index in [4.69, 9.17) is 4.74 Å². The largest absolute Gasteiger partial charge is 0.361 e. The predicted molar refractivity (Wildman–Crippen MR) is 86.1 cm³/mol. The van der Waals surface area contributed by atoms with Gasteiger partial charge in [0.25, 0.3) is 0 Å². The molecular weight excluding hydrogens is 338 g/mol. The molecule has 20 heavy (non-hydrogen) atoms. The summed E-state index contributed by atoms with van der Waals surface area (Å²) in [6.45, 7) is 9.35. The van der Waals surface area contributed by atoms with Crippen LogP contribution in [0.1, 0.15) is 32.6 Å². The third kappa shape index (κ3) is 3.32. The minimum absolute atomic E-state index is 0.0779. The number of hydrogen-bond donors (Lipinski definition) is 0. The SMILES string of the molecule is CN(Cc1cc(Br)cs1)CC1C(=O)C(C)(C)OC1(C)C. The van der Waals surface area contributed by atoms with Crippen molar-refractivity contribution >= 4 is 33.0 Å². The monoisotopic (exact) mass is 359 g/mol. The summed E-state index contributed by atoms with van der Waals surface area (Å²) in [7, 11) is 2.06. The summed E-state index contributed by atoms with van der Waals surface area (Å²) in [5.41, 5.74) is -1.06. The average molecular weight is 360 g/mol. The maximum Gasteiger partial charge on any atom is 0.171 e. The number of hydrogen-bond acceptors (Lipinski definition) is 4. The molecule has 1 saturated heterocycles. The van der Waals surface area contributed by atoms with Crippen LogP contribution in [0.4, 0.5) is 0 Å². The molecule has 1 aliphatic heterocycles. The number of ether oxygens (including phenoxy) is 1. The van der Waals surface area contributed by atoms with Gasteiger partial charge in [-0.3, -0.25) is 4.79 Å².